The van der Waals surface area contributed by atoms with Crippen LogP contribution in [0.5, 0.6) is 0 Å². The second-order valence-corrected chi connectivity index (χ2v) is 6.02. The Morgan fingerprint density at radius 2 is 1.86 bits per heavy atom. The van der Waals surface area contributed by atoms with Gasteiger partial charge in [-0.2, -0.15) is 0 Å². The average Bonchev–Trinajstić information content (AvgIpc) is 2.87. The second-order valence-electron chi connectivity index (χ2n) is 6.02. The Kier molecular flexibility index (Phi) is 3.09. The zero-order valence-corrected chi connectivity index (χ0v) is 12.1. The second kappa shape index (κ2) is 5.00. The van der Waals surface area contributed by atoms with Crippen LogP contribution in [0.25, 0.3) is 0 Å². The van der Waals surface area contributed by atoms with Gasteiger partial charge in [-0.1, -0.05) is 24.3 Å². The van der Waals surface area contributed by atoms with Gasteiger partial charge in [-0.25, -0.2) is 0 Å². The summed E-state index contributed by atoms with van der Waals surface area (Å²) >= 11 is 0. The average molecular weight is 299 g/mol. The van der Waals surface area contributed by atoms with E-state index >= 15 is 0 Å². The summed E-state index contributed by atoms with van der Waals surface area (Å²) < 4.78 is 0. The van der Waals surface area contributed by atoms with Crippen LogP contribution in [-0.4, -0.2) is 46.5 Å². The molecule has 1 aromatic carbocycles. The Bertz CT molecular complexity index is 668. The third-order valence-corrected chi connectivity index (χ3v) is 4.79. The number of hydrogen-bond acceptors (Lipinski definition) is 5. The molecule has 2 atom stereocenters. The predicted octanol–water partition coefficient (Wildman–Crippen LogP) is 0.191. The molecule has 6 heteroatoms. The van der Waals surface area contributed by atoms with Gasteiger partial charge >= 0.3 is 0 Å². The first-order valence-corrected chi connectivity index (χ1v) is 7.62. The van der Waals surface area contributed by atoms with Gasteiger partial charge in [0.15, 0.2) is 0 Å². The summed E-state index contributed by atoms with van der Waals surface area (Å²) in [7, 11) is 0. The van der Waals surface area contributed by atoms with Crippen LogP contribution in [0.2, 0.25) is 0 Å². The molecule has 3 aliphatic heterocycles. The van der Waals surface area contributed by atoms with Gasteiger partial charge < -0.3 is 0 Å². The molecule has 3 heterocycles. The van der Waals surface area contributed by atoms with Crippen LogP contribution in [0, 0.1) is 0 Å². The molecule has 0 aliphatic carbocycles. The molecule has 22 heavy (non-hydrogen) atoms. The fourth-order valence-electron chi connectivity index (χ4n) is 3.45. The van der Waals surface area contributed by atoms with Crippen LogP contribution in [-0.2, 0) is 20.9 Å². The first kappa shape index (κ1) is 13.6. The highest BCUT2D eigenvalue weighted by molar-refractivity contribution is 6.42. The summed E-state index contributed by atoms with van der Waals surface area (Å²) in [6.07, 6.45) is 0.607. The SMILES string of the molecule is O=C1C(=O)N(C2NCc3ccccc32)C(=O)CC1N1CCC1. The van der Waals surface area contributed by atoms with E-state index in [1.807, 2.05) is 29.2 Å². The molecule has 0 saturated carbocycles. The highest BCUT2D eigenvalue weighted by Crippen LogP contribution is 2.32. The number of amides is 2. The fraction of sp³-hybridized carbons (Fsp3) is 0.438. The van der Waals surface area contributed by atoms with E-state index in [0.29, 0.717) is 6.54 Å². The minimum atomic E-state index is -0.678. The number of carbonyl (C=O) groups excluding carboxylic acids is 3. The lowest BCUT2D eigenvalue weighted by atomic mass is 9.96. The number of carbonyl (C=O) groups is 3. The molecule has 6 nitrogen and oxygen atoms in total. The maximum Gasteiger partial charge on any atom is 0.299 e. The molecule has 1 N–H and O–H groups in total. The van der Waals surface area contributed by atoms with Crippen molar-refractivity contribution >= 4 is 17.6 Å². The van der Waals surface area contributed by atoms with E-state index in [0.717, 1.165) is 35.5 Å². The number of Topliss-reactive ketones (excluding diaryl/α,β-unsaturated/α-hetero) is 1. The quantitative estimate of drug-likeness (QED) is 0.624. The molecule has 0 spiro atoms. The fourth-order valence-corrected chi connectivity index (χ4v) is 3.45. The number of ketones is 1. The third kappa shape index (κ3) is 1.91. The van der Waals surface area contributed by atoms with Crippen molar-refractivity contribution in [2.45, 2.75) is 31.6 Å². The number of likely N-dealkylation sites (tertiary alicyclic amines) is 2. The van der Waals surface area contributed by atoms with Crippen molar-refractivity contribution in [3.63, 3.8) is 0 Å². The molecule has 1 aromatic rings. The Balaban J connectivity index is 1.62. The summed E-state index contributed by atoms with van der Waals surface area (Å²) in [6.45, 7) is 2.19. The molecule has 114 valence electrons. The lowest BCUT2D eigenvalue weighted by molar-refractivity contribution is -0.163. The first-order valence-electron chi connectivity index (χ1n) is 7.62. The van der Waals surface area contributed by atoms with Crippen LogP contribution in [0.15, 0.2) is 24.3 Å². The Hall–Kier alpha value is -2.05. The summed E-state index contributed by atoms with van der Waals surface area (Å²) in [6, 6.07) is 7.11. The summed E-state index contributed by atoms with van der Waals surface area (Å²) in [5.74, 6) is -1.40. The molecule has 2 saturated heterocycles. The monoisotopic (exact) mass is 299 g/mol. The highest BCUT2D eigenvalue weighted by atomic mass is 16.2. The predicted molar refractivity (Wildman–Crippen MR) is 77.5 cm³/mol. The Labute approximate surface area is 128 Å². The first-order chi connectivity index (χ1) is 10.7. The van der Waals surface area contributed by atoms with Gasteiger partial charge in [-0.3, -0.25) is 29.5 Å². The van der Waals surface area contributed by atoms with E-state index in [4.69, 9.17) is 0 Å². The molecule has 2 unspecified atom stereocenters. The van der Waals surface area contributed by atoms with E-state index < -0.39 is 23.9 Å². The van der Waals surface area contributed by atoms with Gasteiger partial charge in [0.05, 0.1) is 12.5 Å². The van der Waals surface area contributed by atoms with Gasteiger partial charge in [-0.15, -0.1) is 0 Å². The van der Waals surface area contributed by atoms with Gasteiger partial charge in [0.2, 0.25) is 11.7 Å². The lowest BCUT2D eigenvalue weighted by Gasteiger charge is -2.41. The molecule has 2 amide bonds. The van der Waals surface area contributed by atoms with E-state index in [9.17, 15) is 14.4 Å². The molecule has 4 rings (SSSR count). The van der Waals surface area contributed by atoms with Crippen molar-refractivity contribution in [2.75, 3.05) is 13.1 Å². The number of rotatable bonds is 2. The zero-order chi connectivity index (χ0) is 15.3. The third-order valence-electron chi connectivity index (χ3n) is 4.79. The topological polar surface area (TPSA) is 69.7 Å². The molecule has 0 radical (unpaired) electrons. The van der Waals surface area contributed by atoms with E-state index in [2.05, 4.69) is 5.32 Å². The normalized spacial score (nSPS) is 28.7. The van der Waals surface area contributed by atoms with Crippen molar-refractivity contribution in [3.8, 4) is 0 Å². The van der Waals surface area contributed by atoms with Crippen LogP contribution in [0.1, 0.15) is 30.1 Å². The molecule has 3 aliphatic rings. The number of nitrogens with one attached hydrogen (secondary N) is 1. The van der Waals surface area contributed by atoms with E-state index in [1.165, 1.54) is 0 Å². The summed E-state index contributed by atoms with van der Waals surface area (Å²) in [5.41, 5.74) is 1.96. The maximum absolute atomic E-state index is 12.5. The molecular formula is C16H17N3O3. The van der Waals surface area contributed by atoms with Crippen molar-refractivity contribution in [1.82, 2.24) is 15.1 Å². The number of fused-ring (bicyclic) bond motifs is 1. The maximum atomic E-state index is 12.5. The minimum Gasteiger partial charge on any atom is -0.293 e. The van der Waals surface area contributed by atoms with Gasteiger partial charge in [0, 0.05) is 19.6 Å². The zero-order valence-electron chi connectivity index (χ0n) is 12.1. The van der Waals surface area contributed by atoms with E-state index in [1.54, 1.807) is 0 Å². The number of hydrogen-bond donors (Lipinski definition) is 1. The number of piperidine rings is 1. The molecular weight excluding hydrogens is 282 g/mol. The van der Waals surface area contributed by atoms with Crippen LogP contribution < -0.4 is 5.32 Å². The summed E-state index contributed by atoms with van der Waals surface area (Å²) in [5, 5.41) is 3.16. The van der Waals surface area contributed by atoms with Crippen LogP contribution >= 0.6 is 0 Å². The van der Waals surface area contributed by atoms with E-state index in [-0.39, 0.29) is 12.3 Å². The van der Waals surface area contributed by atoms with Gasteiger partial charge in [0.1, 0.15) is 6.17 Å². The Morgan fingerprint density at radius 3 is 2.59 bits per heavy atom. The van der Waals surface area contributed by atoms with Crippen molar-refractivity contribution in [3.05, 3.63) is 35.4 Å². The van der Waals surface area contributed by atoms with Crippen LogP contribution in [0.3, 0.4) is 0 Å². The van der Waals surface area contributed by atoms with Crippen molar-refractivity contribution in [1.29, 1.82) is 0 Å². The van der Waals surface area contributed by atoms with Crippen LogP contribution in [0.4, 0.5) is 0 Å². The smallest absolute Gasteiger partial charge is 0.293 e. The largest absolute Gasteiger partial charge is 0.299 e. The number of benzene rings is 1. The van der Waals surface area contributed by atoms with Crippen molar-refractivity contribution < 1.29 is 14.4 Å². The lowest BCUT2D eigenvalue weighted by Crippen LogP contribution is -2.61. The molecule has 2 fully saturated rings. The van der Waals surface area contributed by atoms with Gasteiger partial charge in [-0.05, 0) is 17.5 Å². The highest BCUT2D eigenvalue weighted by Gasteiger charge is 2.47. The molecule has 0 aromatic heterocycles. The minimum absolute atomic E-state index is 0.102. The summed E-state index contributed by atoms with van der Waals surface area (Å²) in [4.78, 5) is 40.4. The molecule has 0 bridgehead atoms. The number of nitrogens with zero attached hydrogens (tertiary/aromatic N) is 2. The van der Waals surface area contributed by atoms with Gasteiger partial charge in [0.25, 0.3) is 5.91 Å². The standard InChI is InChI=1S/C16H17N3O3/c20-13-8-12(18-6-3-7-18)14(21)16(22)19(13)15-11-5-2-1-4-10(11)9-17-15/h1-2,4-5,12,15,17H,3,6-9H2. The Morgan fingerprint density at radius 1 is 1.09 bits per heavy atom. The number of imide groups is 1. The van der Waals surface area contributed by atoms with Crippen molar-refractivity contribution in [2.24, 2.45) is 0 Å².